The van der Waals surface area contributed by atoms with Gasteiger partial charge in [0.1, 0.15) is 0 Å². The Bertz CT molecular complexity index is 2200. The number of para-hydroxylation sites is 1. The van der Waals surface area contributed by atoms with Gasteiger partial charge in [-0.05, 0) is 67.1 Å². The van der Waals surface area contributed by atoms with Gasteiger partial charge in [0.15, 0.2) is 8.07 Å². The summed E-state index contributed by atoms with van der Waals surface area (Å²) in [4.78, 5) is 1.32. The van der Waals surface area contributed by atoms with Crippen molar-refractivity contribution in [3.8, 4) is 27.3 Å². The molecule has 0 saturated heterocycles. The zero-order valence-corrected chi connectivity index (χ0v) is 25.3. The fraction of sp³-hybridized carbons (Fsp3) is 0. The van der Waals surface area contributed by atoms with E-state index in [-0.39, 0.29) is 0 Å². The molecule has 0 amide bonds. The van der Waals surface area contributed by atoms with Crippen LogP contribution in [0.3, 0.4) is 0 Å². The maximum atomic E-state index is 2.53. The average molecular weight is 588 g/mol. The lowest BCUT2D eigenvalue weighted by molar-refractivity contribution is 1.19. The van der Waals surface area contributed by atoms with Crippen molar-refractivity contribution in [3.05, 3.63) is 151 Å². The number of fused-ring (bicyclic) bond motifs is 6. The highest BCUT2D eigenvalue weighted by molar-refractivity contribution is 7.28. The summed E-state index contributed by atoms with van der Waals surface area (Å²) in [5, 5.41) is 8.07. The average Bonchev–Trinajstić information content (AvgIpc) is 3.82. The van der Waals surface area contributed by atoms with Crippen LogP contribution in [0.15, 0.2) is 151 Å². The first-order valence-corrected chi connectivity index (χ1v) is 18.0. The normalized spacial score (nSPS) is 13.4. The molecule has 9 rings (SSSR count). The molecule has 3 aromatic heterocycles. The van der Waals surface area contributed by atoms with E-state index in [1.54, 1.807) is 0 Å². The standard InChI is InChI=1S/C38H25NS2Si/c1-4-12-27(13-5-1)39-32-22-23-40-37(32)38-33(39)25-34(41-38)26-20-21-31-30-18-10-11-19-35(30)42(36(31)24-26,28-14-6-2-7-15-28)29-16-8-3-9-17-29/h1-25H. The van der Waals surface area contributed by atoms with E-state index < -0.39 is 8.07 Å². The molecule has 0 saturated carbocycles. The molecule has 0 atom stereocenters. The van der Waals surface area contributed by atoms with Crippen LogP contribution >= 0.6 is 22.7 Å². The largest absolute Gasteiger partial charge is 0.307 e. The third-order valence-corrected chi connectivity index (χ3v) is 15.9. The Morgan fingerprint density at radius 2 is 1.14 bits per heavy atom. The summed E-state index contributed by atoms with van der Waals surface area (Å²) in [6.07, 6.45) is 0. The second-order valence-electron chi connectivity index (χ2n) is 10.9. The van der Waals surface area contributed by atoms with E-state index in [2.05, 4.69) is 156 Å². The van der Waals surface area contributed by atoms with E-state index in [1.807, 2.05) is 22.7 Å². The lowest BCUT2D eigenvalue weighted by Gasteiger charge is -2.31. The van der Waals surface area contributed by atoms with Gasteiger partial charge in [0.05, 0.1) is 20.4 Å². The molecule has 1 aliphatic rings. The maximum Gasteiger partial charge on any atom is 0.180 e. The Morgan fingerprint density at radius 1 is 0.500 bits per heavy atom. The highest BCUT2D eigenvalue weighted by Crippen LogP contribution is 2.43. The van der Waals surface area contributed by atoms with Crippen molar-refractivity contribution < 1.29 is 0 Å². The van der Waals surface area contributed by atoms with Gasteiger partial charge in [-0.15, -0.1) is 22.7 Å². The minimum atomic E-state index is -2.51. The molecular formula is C38H25NS2Si. The number of hydrogen-bond donors (Lipinski definition) is 0. The molecule has 1 nitrogen and oxygen atoms in total. The summed E-state index contributed by atoms with van der Waals surface area (Å²) in [7, 11) is -2.51. The molecule has 4 heterocycles. The van der Waals surface area contributed by atoms with Gasteiger partial charge >= 0.3 is 0 Å². The molecule has 0 aliphatic carbocycles. The third kappa shape index (κ3) is 3.28. The van der Waals surface area contributed by atoms with Crippen molar-refractivity contribution in [2.75, 3.05) is 0 Å². The first-order valence-electron chi connectivity index (χ1n) is 14.3. The van der Waals surface area contributed by atoms with Crippen molar-refractivity contribution >= 4 is 71.9 Å². The number of rotatable bonds is 4. The maximum absolute atomic E-state index is 2.53. The predicted octanol–water partition coefficient (Wildman–Crippen LogP) is 7.93. The summed E-state index contributed by atoms with van der Waals surface area (Å²) in [6, 6.07) is 54.3. The number of nitrogens with zero attached hydrogens (tertiary/aromatic N) is 1. The van der Waals surface area contributed by atoms with E-state index in [0.29, 0.717) is 0 Å². The van der Waals surface area contributed by atoms with E-state index in [1.165, 1.54) is 68.4 Å². The molecule has 42 heavy (non-hydrogen) atoms. The monoisotopic (exact) mass is 587 g/mol. The van der Waals surface area contributed by atoms with Gasteiger partial charge in [-0.1, -0.05) is 121 Å². The van der Waals surface area contributed by atoms with Crippen LogP contribution in [0.5, 0.6) is 0 Å². The van der Waals surface area contributed by atoms with Gasteiger partial charge in [0, 0.05) is 10.6 Å². The Balaban J connectivity index is 1.32. The van der Waals surface area contributed by atoms with Crippen molar-refractivity contribution in [2.45, 2.75) is 0 Å². The van der Waals surface area contributed by atoms with Crippen molar-refractivity contribution in [1.82, 2.24) is 4.57 Å². The number of benzene rings is 5. The van der Waals surface area contributed by atoms with Gasteiger partial charge in [0.2, 0.25) is 0 Å². The Kier molecular flexibility index (Phi) is 5.33. The minimum Gasteiger partial charge on any atom is -0.307 e. The SMILES string of the molecule is c1ccc(-n2c3ccsc3c3sc(-c4ccc5c(c4)[Si](c4ccccc4)(c4ccccc4)c4ccccc4-5)cc32)cc1. The second kappa shape index (κ2) is 9.26. The van der Waals surface area contributed by atoms with E-state index in [4.69, 9.17) is 0 Å². The lowest BCUT2D eigenvalue weighted by atomic mass is 10.0. The van der Waals surface area contributed by atoms with Crippen molar-refractivity contribution in [1.29, 1.82) is 0 Å². The fourth-order valence-electron chi connectivity index (χ4n) is 7.08. The van der Waals surface area contributed by atoms with Gasteiger partial charge in [0.25, 0.3) is 0 Å². The van der Waals surface area contributed by atoms with Crippen LogP contribution in [0.2, 0.25) is 0 Å². The van der Waals surface area contributed by atoms with Crippen LogP contribution in [-0.2, 0) is 0 Å². The van der Waals surface area contributed by atoms with Crippen LogP contribution < -0.4 is 20.7 Å². The summed E-state index contributed by atoms with van der Waals surface area (Å²) < 4.78 is 5.17. The molecule has 8 aromatic rings. The topological polar surface area (TPSA) is 4.93 Å². The molecule has 0 N–H and O–H groups in total. The molecule has 4 heteroatoms. The Labute approximate surface area is 253 Å². The molecule has 5 aromatic carbocycles. The first kappa shape index (κ1) is 24.1. The van der Waals surface area contributed by atoms with E-state index >= 15 is 0 Å². The predicted molar refractivity (Wildman–Crippen MR) is 185 cm³/mol. The van der Waals surface area contributed by atoms with E-state index in [9.17, 15) is 0 Å². The Hall–Kier alpha value is -4.48. The molecule has 0 radical (unpaired) electrons. The van der Waals surface area contributed by atoms with Gasteiger partial charge in [-0.2, -0.15) is 0 Å². The summed E-state index contributed by atoms with van der Waals surface area (Å²) in [5.41, 5.74) is 7.86. The molecular weight excluding hydrogens is 563 g/mol. The molecule has 0 fully saturated rings. The highest BCUT2D eigenvalue weighted by atomic mass is 32.1. The van der Waals surface area contributed by atoms with Crippen LogP contribution in [0.4, 0.5) is 0 Å². The summed E-state index contributed by atoms with van der Waals surface area (Å²) >= 11 is 3.77. The first-order chi connectivity index (χ1) is 20.8. The zero-order valence-electron chi connectivity index (χ0n) is 22.7. The number of aromatic nitrogens is 1. The minimum absolute atomic E-state index is 1.21. The van der Waals surface area contributed by atoms with Crippen molar-refractivity contribution in [2.24, 2.45) is 0 Å². The quantitative estimate of drug-likeness (QED) is 0.184. The number of thiophene rings is 2. The summed E-state index contributed by atoms with van der Waals surface area (Å²) in [6.45, 7) is 0. The fourth-order valence-corrected chi connectivity index (χ4v) is 14.5. The molecule has 1 aliphatic heterocycles. The molecule has 0 spiro atoms. The Morgan fingerprint density at radius 3 is 1.88 bits per heavy atom. The van der Waals surface area contributed by atoms with E-state index in [0.717, 1.165) is 0 Å². The van der Waals surface area contributed by atoms with Crippen LogP contribution in [0.1, 0.15) is 0 Å². The summed E-state index contributed by atoms with van der Waals surface area (Å²) in [5.74, 6) is 0. The third-order valence-electron chi connectivity index (χ3n) is 8.80. The van der Waals surface area contributed by atoms with Gasteiger partial charge in [-0.25, -0.2) is 0 Å². The van der Waals surface area contributed by atoms with Crippen LogP contribution in [0.25, 0.3) is 47.7 Å². The molecule has 0 bridgehead atoms. The number of hydrogen-bond acceptors (Lipinski definition) is 2. The van der Waals surface area contributed by atoms with Gasteiger partial charge < -0.3 is 4.57 Å². The smallest absolute Gasteiger partial charge is 0.180 e. The zero-order chi connectivity index (χ0) is 27.7. The highest BCUT2D eigenvalue weighted by Gasteiger charge is 2.48. The molecule has 198 valence electrons. The lowest BCUT2D eigenvalue weighted by Crippen LogP contribution is -2.72. The van der Waals surface area contributed by atoms with Crippen molar-refractivity contribution in [3.63, 3.8) is 0 Å². The van der Waals surface area contributed by atoms with Gasteiger partial charge in [-0.3, -0.25) is 0 Å². The molecule has 0 unspecified atom stereocenters. The second-order valence-corrected chi connectivity index (χ2v) is 16.6. The van der Waals surface area contributed by atoms with Crippen LogP contribution in [-0.4, -0.2) is 12.6 Å². The van der Waals surface area contributed by atoms with Crippen LogP contribution in [0, 0.1) is 0 Å².